The van der Waals surface area contributed by atoms with E-state index in [0.717, 1.165) is 36.9 Å². The monoisotopic (exact) mass is 334 g/mol. The molecule has 1 atom stereocenters. The number of halogens is 2. The predicted octanol–water partition coefficient (Wildman–Crippen LogP) is 2.31. The Bertz CT molecular complexity index is 724. The highest BCUT2D eigenvalue weighted by atomic mass is 19.1. The van der Waals surface area contributed by atoms with Gasteiger partial charge in [0.2, 0.25) is 0 Å². The van der Waals surface area contributed by atoms with Gasteiger partial charge in [-0.1, -0.05) is 0 Å². The number of aromatic nitrogens is 2. The van der Waals surface area contributed by atoms with Crippen LogP contribution in [-0.4, -0.2) is 52.4 Å². The number of carbonyl (C=O) groups is 1. The zero-order valence-corrected chi connectivity index (χ0v) is 13.7. The quantitative estimate of drug-likeness (QED) is 0.862. The van der Waals surface area contributed by atoms with Gasteiger partial charge in [-0.05, 0) is 39.2 Å². The number of imidazole rings is 1. The molecule has 1 aromatic carbocycles. The van der Waals surface area contributed by atoms with E-state index in [4.69, 9.17) is 0 Å². The highest BCUT2D eigenvalue weighted by Crippen LogP contribution is 2.25. The van der Waals surface area contributed by atoms with Gasteiger partial charge in [-0.2, -0.15) is 0 Å². The molecule has 0 saturated carbocycles. The lowest BCUT2D eigenvalue weighted by atomic mass is 10.1. The van der Waals surface area contributed by atoms with Gasteiger partial charge >= 0.3 is 0 Å². The molecule has 0 N–H and O–H groups in total. The SMILES string of the molecule is CN(C)CCC1CN(C(=O)c2cc(F)cc(F)c2)Cc2cncn21. The zero-order valence-electron chi connectivity index (χ0n) is 13.7. The molecule has 1 aliphatic rings. The number of carbonyl (C=O) groups excluding carboxylic acids is 1. The molecule has 1 amide bonds. The number of hydrogen-bond acceptors (Lipinski definition) is 3. The summed E-state index contributed by atoms with van der Waals surface area (Å²) < 4.78 is 28.9. The summed E-state index contributed by atoms with van der Waals surface area (Å²) >= 11 is 0. The number of hydrogen-bond donors (Lipinski definition) is 0. The van der Waals surface area contributed by atoms with E-state index in [1.54, 1.807) is 17.4 Å². The van der Waals surface area contributed by atoms with Gasteiger partial charge in [-0.15, -0.1) is 0 Å². The topological polar surface area (TPSA) is 41.4 Å². The lowest BCUT2D eigenvalue weighted by molar-refractivity contribution is 0.0669. The summed E-state index contributed by atoms with van der Waals surface area (Å²) in [6.45, 7) is 1.75. The van der Waals surface area contributed by atoms with Gasteiger partial charge in [-0.25, -0.2) is 13.8 Å². The summed E-state index contributed by atoms with van der Waals surface area (Å²) in [6.07, 6.45) is 4.37. The van der Waals surface area contributed by atoms with Crippen LogP contribution in [0.3, 0.4) is 0 Å². The van der Waals surface area contributed by atoms with Crippen molar-refractivity contribution in [2.24, 2.45) is 0 Å². The third-order valence-electron chi connectivity index (χ3n) is 4.23. The molecule has 5 nitrogen and oxygen atoms in total. The van der Waals surface area contributed by atoms with E-state index in [2.05, 4.69) is 14.5 Å². The molecule has 0 fully saturated rings. The Morgan fingerprint density at radius 2 is 2.00 bits per heavy atom. The molecule has 7 heteroatoms. The van der Waals surface area contributed by atoms with E-state index < -0.39 is 11.6 Å². The third-order valence-corrected chi connectivity index (χ3v) is 4.23. The Balaban J connectivity index is 1.83. The van der Waals surface area contributed by atoms with Gasteiger partial charge in [0.25, 0.3) is 5.91 Å². The molecular weight excluding hydrogens is 314 g/mol. The van der Waals surface area contributed by atoms with Crippen molar-refractivity contribution in [3.63, 3.8) is 0 Å². The van der Waals surface area contributed by atoms with E-state index in [1.807, 2.05) is 14.1 Å². The van der Waals surface area contributed by atoms with Crippen LogP contribution in [0.2, 0.25) is 0 Å². The van der Waals surface area contributed by atoms with Crippen LogP contribution in [0.5, 0.6) is 0 Å². The Morgan fingerprint density at radius 1 is 1.29 bits per heavy atom. The second-order valence-corrected chi connectivity index (χ2v) is 6.38. The van der Waals surface area contributed by atoms with E-state index in [-0.39, 0.29) is 17.5 Å². The Kier molecular flexibility index (Phi) is 4.62. The molecule has 1 aromatic heterocycles. The van der Waals surface area contributed by atoms with Crippen LogP contribution in [0.4, 0.5) is 8.78 Å². The van der Waals surface area contributed by atoms with Crippen LogP contribution < -0.4 is 0 Å². The lowest BCUT2D eigenvalue weighted by Gasteiger charge is -2.35. The van der Waals surface area contributed by atoms with Crippen LogP contribution in [0.25, 0.3) is 0 Å². The summed E-state index contributed by atoms with van der Waals surface area (Å²) in [5.74, 6) is -1.86. The fourth-order valence-corrected chi connectivity index (χ4v) is 3.04. The molecule has 0 spiro atoms. The molecule has 128 valence electrons. The minimum atomic E-state index is -0.746. The summed E-state index contributed by atoms with van der Waals surface area (Å²) in [5.41, 5.74) is 0.960. The van der Waals surface area contributed by atoms with Crippen molar-refractivity contribution in [3.8, 4) is 0 Å². The fourth-order valence-electron chi connectivity index (χ4n) is 3.04. The van der Waals surface area contributed by atoms with Crippen molar-refractivity contribution in [1.29, 1.82) is 0 Å². The van der Waals surface area contributed by atoms with Crippen LogP contribution in [0, 0.1) is 11.6 Å². The summed E-state index contributed by atoms with van der Waals surface area (Å²) in [5, 5.41) is 0. The minimum absolute atomic E-state index is 0.0341. The van der Waals surface area contributed by atoms with Crippen molar-refractivity contribution in [2.45, 2.75) is 19.0 Å². The first-order valence-corrected chi connectivity index (χ1v) is 7.85. The Labute approximate surface area is 139 Å². The summed E-state index contributed by atoms with van der Waals surface area (Å²) in [4.78, 5) is 20.6. The van der Waals surface area contributed by atoms with Gasteiger partial charge in [0.05, 0.1) is 24.6 Å². The maximum absolute atomic E-state index is 13.4. The molecule has 2 aromatic rings. The first-order chi connectivity index (χ1) is 11.4. The number of amides is 1. The largest absolute Gasteiger partial charge is 0.331 e. The average molecular weight is 334 g/mol. The molecule has 1 unspecified atom stereocenters. The zero-order chi connectivity index (χ0) is 17.3. The highest BCUT2D eigenvalue weighted by Gasteiger charge is 2.28. The Morgan fingerprint density at radius 3 is 2.67 bits per heavy atom. The van der Waals surface area contributed by atoms with Gasteiger partial charge in [0.15, 0.2) is 0 Å². The molecular formula is C17H20F2N4O. The van der Waals surface area contributed by atoms with E-state index in [9.17, 15) is 13.6 Å². The molecule has 0 aliphatic carbocycles. The number of nitrogens with zero attached hydrogens (tertiary/aromatic N) is 4. The van der Waals surface area contributed by atoms with Crippen molar-refractivity contribution >= 4 is 5.91 Å². The second-order valence-electron chi connectivity index (χ2n) is 6.38. The van der Waals surface area contributed by atoms with E-state index in [0.29, 0.717) is 13.1 Å². The molecule has 0 saturated heterocycles. The van der Waals surface area contributed by atoms with Crippen LogP contribution in [0.1, 0.15) is 28.5 Å². The predicted molar refractivity (Wildman–Crippen MR) is 85.5 cm³/mol. The van der Waals surface area contributed by atoms with Crippen molar-refractivity contribution in [1.82, 2.24) is 19.4 Å². The van der Waals surface area contributed by atoms with Gasteiger partial charge < -0.3 is 14.4 Å². The maximum Gasteiger partial charge on any atom is 0.254 e. The normalized spacial score (nSPS) is 17.2. The molecule has 1 aliphatic heterocycles. The van der Waals surface area contributed by atoms with Gasteiger partial charge in [0.1, 0.15) is 11.6 Å². The van der Waals surface area contributed by atoms with Crippen molar-refractivity contribution < 1.29 is 13.6 Å². The summed E-state index contributed by atoms with van der Waals surface area (Å²) in [6, 6.07) is 3.02. The Hall–Kier alpha value is -2.28. The summed E-state index contributed by atoms with van der Waals surface area (Å²) in [7, 11) is 3.99. The average Bonchev–Trinajstić information content (AvgIpc) is 2.99. The smallest absolute Gasteiger partial charge is 0.254 e. The first kappa shape index (κ1) is 16.6. The fraction of sp³-hybridized carbons (Fsp3) is 0.412. The number of fused-ring (bicyclic) bond motifs is 1. The van der Waals surface area contributed by atoms with Crippen LogP contribution >= 0.6 is 0 Å². The van der Waals surface area contributed by atoms with E-state index >= 15 is 0 Å². The second kappa shape index (κ2) is 6.68. The third kappa shape index (κ3) is 3.46. The maximum atomic E-state index is 13.4. The van der Waals surface area contributed by atoms with Crippen molar-refractivity contribution in [3.05, 3.63) is 53.6 Å². The number of rotatable bonds is 4. The highest BCUT2D eigenvalue weighted by molar-refractivity contribution is 5.94. The molecule has 24 heavy (non-hydrogen) atoms. The molecule has 0 bridgehead atoms. The van der Waals surface area contributed by atoms with Crippen molar-refractivity contribution in [2.75, 3.05) is 27.2 Å². The molecule has 2 heterocycles. The lowest BCUT2D eigenvalue weighted by Crippen LogP contribution is -2.41. The standard InChI is InChI=1S/C17H20F2N4O/c1-21(2)4-3-15-9-22(10-16-8-20-11-23(15)16)17(24)12-5-13(18)7-14(19)6-12/h5-8,11,15H,3-4,9-10H2,1-2H3. The van der Waals surface area contributed by atoms with Crippen LogP contribution in [-0.2, 0) is 6.54 Å². The van der Waals surface area contributed by atoms with Gasteiger partial charge in [-0.3, -0.25) is 4.79 Å². The minimum Gasteiger partial charge on any atom is -0.331 e. The number of benzene rings is 1. The molecule has 0 radical (unpaired) electrons. The first-order valence-electron chi connectivity index (χ1n) is 7.85. The van der Waals surface area contributed by atoms with E-state index in [1.165, 1.54) is 0 Å². The molecule has 3 rings (SSSR count). The van der Waals surface area contributed by atoms with Gasteiger partial charge in [0, 0.05) is 24.4 Å². The van der Waals surface area contributed by atoms with Crippen LogP contribution in [0.15, 0.2) is 30.7 Å².